The summed E-state index contributed by atoms with van der Waals surface area (Å²) in [7, 11) is 1.85. The zero-order valence-electron chi connectivity index (χ0n) is 9.44. The smallest absolute Gasteiger partial charge is 0.245 e. The lowest BCUT2D eigenvalue weighted by atomic mass is 10.2. The van der Waals surface area contributed by atoms with Gasteiger partial charge in [-0.15, -0.1) is 10.2 Å². The fourth-order valence-electron chi connectivity index (χ4n) is 1.47. The van der Waals surface area contributed by atoms with Crippen LogP contribution >= 0.6 is 34.8 Å². The zero-order chi connectivity index (χ0) is 13.1. The lowest BCUT2D eigenvalue weighted by Gasteiger charge is -2.18. The van der Waals surface area contributed by atoms with Crippen molar-refractivity contribution in [1.82, 2.24) is 15.2 Å². The first-order chi connectivity index (χ1) is 8.56. The second kappa shape index (κ2) is 5.69. The molecular weight excluding hydrogens is 295 g/mol. The molecule has 2 aromatic rings. The molecule has 4 nitrogen and oxygen atoms in total. The number of hydrogen-bond donors (Lipinski definition) is 0. The van der Waals surface area contributed by atoms with E-state index in [1.165, 1.54) is 0 Å². The van der Waals surface area contributed by atoms with Crippen molar-refractivity contribution in [2.75, 3.05) is 11.9 Å². The molecule has 0 amide bonds. The molecule has 0 saturated heterocycles. The van der Waals surface area contributed by atoms with Gasteiger partial charge in [0.2, 0.25) is 5.28 Å². The van der Waals surface area contributed by atoms with E-state index in [0.29, 0.717) is 17.4 Å². The average Bonchev–Trinajstić information content (AvgIpc) is 2.35. The van der Waals surface area contributed by atoms with Gasteiger partial charge in [0.1, 0.15) is 0 Å². The maximum Gasteiger partial charge on any atom is 0.245 e. The van der Waals surface area contributed by atoms with Crippen molar-refractivity contribution in [2.45, 2.75) is 6.54 Å². The molecule has 2 rings (SSSR count). The van der Waals surface area contributed by atoms with Crippen LogP contribution in [0.1, 0.15) is 5.56 Å². The first-order valence-electron chi connectivity index (χ1n) is 5.07. The Bertz CT molecular complexity index is 544. The quantitative estimate of drug-likeness (QED) is 0.870. The molecule has 0 N–H and O–H groups in total. The van der Waals surface area contributed by atoms with E-state index < -0.39 is 0 Å². The van der Waals surface area contributed by atoms with Crippen LogP contribution < -0.4 is 4.90 Å². The molecule has 18 heavy (non-hydrogen) atoms. The van der Waals surface area contributed by atoms with Gasteiger partial charge in [0, 0.05) is 18.6 Å². The second-order valence-electron chi connectivity index (χ2n) is 3.68. The summed E-state index contributed by atoms with van der Waals surface area (Å²) in [5, 5.41) is 8.27. The van der Waals surface area contributed by atoms with Gasteiger partial charge in [-0.05, 0) is 29.3 Å². The number of benzene rings is 1. The number of rotatable bonds is 3. The minimum atomic E-state index is 0.0670. The monoisotopic (exact) mass is 302 g/mol. The fourth-order valence-corrected chi connectivity index (χ4v) is 1.94. The summed E-state index contributed by atoms with van der Waals surface area (Å²) in [4.78, 5) is 5.89. The molecule has 0 spiro atoms. The van der Waals surface area contributed by atoms with Crippen LogP contribution in [0.25, 0.3) is 0 Å². The number of hydrogen-bond acceptors (Lipinski definition) is 4. The van der Waals surface area contributed by atoms with Gasteiger partial charge in [0.15, 0.2) is 11.0 Å². The zero-order valence-corrected chi connectivity index (χ0v) is 11.7. The summed E-state index contributed by atoms with van der Waals surface area (Å²) < 4.78 is 0. The molecule has 0 saturated carbocycles. The third kappa shape index (κ3) is 3.22. The topological polar surface area (TPSA) is 41.9 Å². The van der Waals surface area contributed by atoms with Gasteiger partial charge in [-0.25, -0.2) is 0 Å². The predicted molar refractivity (Wildman–Crippen MR) is 73.4 cm³/mol. The lowest BCUT2D eigenvalue weighted by molar-refractivity contribution is 0.862. The summed E-state index contributed by atoms with van der Waals surface area (Å²) in [5.41, 5.74) is 1.08. The Labute approximate surface area is 120 Å². The molecule has 0 aliphatic carbocycles. The molecule has 1 heterocycles. The van der Waals surface area contributed by atoms with Crippen molar-refractivity contribution < 1.29 is 0 Å². The maximum absolute atomic E-state index is 5.93. The molecule has 0 fully saturated rings. The summed E-state index contributed by atoms with van der Waals surface area (Å²) in [6, 6.07) is 7.53. The van der Waals surface area contributed by atoms with Crippen LogP contribution in [-0.2, 0) is 6.54 Å². The minimum absolute atomic E-state index is 0.0670. The average molecular weight is 304 g/mol. The molecule has 7 heteroatoms. The van der Waals surface area contributed by atoms with Gasteiger partial charge in [-0.2, -0.15) is 4.98 Å². The van der Waals surface area contributed by atoms with Crippen LogP contribution in [0.3, 0.4) is 0 Å². The molecule has 0 bridgehead atoms. The van der Waals surface area contributed by atoms with E-state index in [0.717, 1.165) is 5.56 Å². The predicted octanol–water partition coefficient (Wildman–Crippen LogP) is 3.47. The van der Waals surface area contributed by atoms with Crippen LogP contribution in [0, 0.1) is 0 Å². The first kappa shape index (κ1) is 13.3. The van der Waals surface area contributed by atoms with E-state index in [2.05, 4.69) is 15.2 Å². The van der Waals surface area contributed by atoms with Crippen molar-refractivity contribution in [3.63, 3.8) is 0 Å². The number of nitrogens with zero attached hydrogens (tertiary/aromatic N) is 4. The minimum Gasteiger partial charge on any atom is -0.353 e. The van der Waals surface area contributed by atoms with E-state index >= 15 is 0 Å². The van der Waals surface area contributed by atoms with E-state index in [1.54, 1.807) is 0 Å². The number of halogens is 3. The standard InChI is InChI=1S/C11H9Cl3N4/c1-18(6-7-2-4-8(12)5-3-7)10-9(13)16-17-11(14)15-10/h2-5H,6H2,1H3. The van der Waals surface area contributed by atoms with E-state index in [-0.39, 0.29) is 10.4 Å². The molecule has 0 aliphatic rings. The SMILES string of the molecule is CN(Cc1ccc(Cl)cc1)c1nc(Cl)nnc1Cl. The molecule has 94 valence electrons. The number of aromatic nitrogens is 3. The molecule has 0 atom stereocenters. The van der Waals surface area contributed by atoms with Gasteiger partial charge in [0.25, 0.3) is 0 Å². The Morgan fingerprint density at radius 1 is 1.06 bits per heavy atom. The Morgan fingerprint density at radius 2 is 1.72 bits per heavy atom. The highest BCUT2D eigenvalue weighted by molar-refractivity contribution is 6.32. The van der Waals surface area contributed by atoms with Crippen LogP contribution in [0.5, 0.6) is 0 Å². The van der Waals surface area contributed by atoms with Gasteiger partial charge >= 0.3 is 0 Å². The van der Waals surface area contributed by atoms with E-state index in [9.17, 15) is 0 Å². The summed E-state index contributed by atoms with van der Waals surface area (Å²) in [6.45, 7) is 0.617. The van der Waals surface area contributed by atoms with Gasteiger partial charge in [-0.3, -0.25) is 0 Å². The van der Waals surface area contributed by atoms with E-state index in [1.807, 2.05) is 36.2 Å². The lowest BCUT2D eigenvalue weighted by Crippen LogP contribution is -2.19. The van der Waals surface area contributed by atoms with Crippen LogP contribution in [0.2, 0.25) is 15.5 Å². The summed E-state index contributed by atoms with van der Waals surface area (Å²) in [5.74, 6) is 0.492. The number of anilines is 1. The Morgan fingerprint density at radius 3 is 2.39 bits per heavy atom. The fraction of sp³-hybridized carbons (Fsp3) is 0.182. The highest BCUT2D eigenvalue weighted by Gasteiger charge is 2.11. The molecule has 0 unspecified atom stereocenters. The van der Waals surface area contributed by atoms with Crippen LogP contribution in [0.4, 0.5) is 5.82 Å². The highest BCUT2D eigenvalue weighted by atomic mass is 35.5. The third-order valence-electron chi connectivity index (χ3n) is 2.30. The van der Waals surface area contributed by atoms with Crippen molar-refractivity contribution in [3.05, 3.63) is 45.3 Å². The van der Waals surface area contributed by atoms with Crippen LogP contribution in [0.15, 0.2) is 24.3 Å². The van der Waals surface area contributed by atoms with Crippen molar-refractivity contribution in [2.24, 2.45) is 0 Å². The van der Waals surface area contributed by atoms with Crippen molar-refractivity contribution >= 4 is 40.6 Å². The molecule has 1 aromatic carbocycles. The molecular formula is C11H9Cl3N4. The molecule has 1 aromatic heterocycles. The second-order valence-corrected chi connectivity index (χ2v) is 4.81. The van der Waals surface area contributed by atoms with Crippen molar-refractivity contribution in [1.29, 1.82) is 0 Å². The van der Waals surface area contributed by atoms with Gasteiger partial charge in [0.05, 0.1) is 0 Å². The summed E-state index contributed by atoms with van der Waals surface area (Å²) >= 11 is 17.5. The molecule has 0 radical (unpaired) electrons. The maximum atomic E-state index is 5.93. The Balaban J connectivity index is 2.18. The Hall–Kier alpha value is -1.10. The molecule has 0 aliphatic heterocycles. The first-order valence-corrected chi connectivity index (χ1v) is 6.21. The Kier molecular flexibility index (Phi) is 4.22. The van der Waals surface area contributed by atoms with E-state index in [4.69, 9.17) is 34.8 Å². The third-order valence-corrected chi connectivity index (χ3v) is 2.95. The van der Waals surface area contributed by atoms with Gasteiger partial charge in [-0.1, -0.05) is 35.3 Å². The highest BCUT2D eigenvalue weighted by Crippen LogP contribution is 2.22. The largest absolute Gasteiger partial charge is 0.353 e. The van der Waals surface area contributed by atoms with Crippen LogP contribution in [-0.4, -0.2) is 22.2 Å². The van der Waals surface area contributed by atoms with Crippen molar-refractivity contribution in [3.8, 4) is 0 Å². The normalized spacial score (nSPS) is 10.4. The van der Waals surface area contributed by atoms with Gasteiger partial charge < -0.3 is 4.90 Å². The summed E-state index contributed by atoms with van der Waals surface area (Å²) in [6.07, 6.45) is 0.